The molecule has 0 unspecified atom stereocenters. The smallest absolute Gasteiger partial charge is 0.175 e. The van der Waals surface area contributed by atoms with Gasteiger partial charge in [-0.1, -0.05) is 41.4 Å². The van der Waals surface area contributed by atoms with Crippen LogP contribution in [-0.2, 0) is 6.54 Å². The van der Waals surface area contributed by atoms with Gasteiger partial charge in [0, 0.05) is 15.7 Å². The maximum atomic E-state index is 6.07. The summed E-state index contributed by atoms with van der Waals surface area (Å²) in [5.74, 6) is 0. The maximum Gasteiger partial charge on any atom is 0.175 e. The number of anilines is 2. The number of halogens is 2. The van der Waals surface area contributed by atoms with Gasteiger partial charge in [-0.3, -0.25) is 4.68 Å². The summed E-state index contributed by atoms with van der Waals surface area (Å²) in [6.45, 7) is 4.60. The molecule has 3 rings (SSSR count). The first-order chi connectivity index (χ1) is 12.4. The highest BCUT2D eigenvalue weighted by Crippen LogP contribution is 2.22. The highest BCUT2D eigenvalue weighted by Gasteiger charge is 2.13. The second-order valence-electron chi connectivity index (χ2n) is 5.92. The van der Waals surface area contributed by atoms with Gasteiger partial charge in [-0.05, 0) is 62.0 Å². The lowest BCUT2D eigenvalue weighted by molar-refractivity contribution is 0.659. The van der Waals surface area contributed by atoms with Crippen LogP contribution >= 0.6 is 35.4 Å². The highest BCUT2D eigenvalue weighted by molar-refractivity contribution is 7.80. The number of hydrogen-bond donors (Lipinski definition) is 2. The summed E-state index contributed by atoms with van der Waals surface area (Å²) in [7, 11) is 0. The highest BCUT2D eigenvalue weighted by atomic mass is 35.5. The van der Waals surface area contributed by atoms with Crippen LogP contribution in [0.15, 0.2) is 48.5 Å². The zero-order chi connectivity index (χ0) is 18.7. The molecule has 0 fully saturated rings. The molecule has 0 spiro atoms. The number of nitrogens with zero attached hydrogens (tertiary/aromatic N) is 2. The summed E-state index contributed by atoms with van der Waals surface area (Å²) < 4.78 is 1.94. The van der Waals surface area contributed by atoms with E-state index in [1.807, 2.05) is 67.1 Å². The van der Waals surface area contributed by atoms with Crippen molar-refractivity contribution in [3.05, 3.63) is 75.5 Å². The first-order valence-electron chi connectivity index (χ1n) is 8.04. The number of rotatable bonds is 4. The average Bonchev–Trinajstić information content (AvgIpc) is 2.82. The fourth-order valence-electron chi connectivity index (χ4n) is 2.68. The Kier molecular flexibility index (Phi) is 5.81. The zero-order valence-corrected chi connectivity index (χ0v) is 16.7. The van der Waals surface area contributed by atoms with E-state index in [2.05, 4.69) is 15.7 Å². The summed E-state index contributed by atoms with van der Waals surface area (Å²) in [5, 5.41) is 12.8. The molecule has 0 aliphatic rings. The molecule has 134 valence electrons. The predicted molar refractivity (Wildman–Crippen MR) is 114 cm³/mol. The van der Waals surface area contributed by atoms with Crippen LogP contribution in [0, 0.1) is 13.8 Å². The summed E-state index contributed by atoms with van der Waals surface area (Å²) in [4.78, 5) is 0. The molecule has 26 heavy (non-hydrogen) atoms. The van der Waals surface area contributed by atoms with Crippen LogP contribution in [-0.4, -0.2) is 14.9 Å². The monoisotopic (exact) mass is 404 g/mol. The van der Waals surface area contributed by atoms with Crippen molar-refractivity contribution >= 4 is 51.9 Å². The largest absolute Gasteiger partial charge is 0.332 e. The van der Waals surface area contributed by atoms with Gasteiger partial charge in [-0.2, -0.15) is 5.10 Å². The van der Waals surface area contributed by atoms with Crippen LogP contribution < -0.4 is 10.6 Å². The van der Waals surface area contributed by atoms with E-state index in [9.17, 15) is 0 Å². The topological polar surface area (TPSA) is 41.9 Å². The van der Waals surface area contributed by atoms with E-state index in [1.165, 1.54) is 0 Å². The van der Waals surface area contributed by atoms with Crippen molar-refractivity contribution in [1.29, 1.82) is 0 Å². The number of thiocarbonyl (C=S) groups is 1. The third kappa shape index (κ3) is 4.55. The molecule has 7 heteroatoms. The molecule has 0 saturated carbocycles. The van der Waals surface area contributed by atoms with E-state index < -0.39 is 0 Å². The lowest BCUT2D eigenvalue weighted by Crippen LogP contribution is -2.20. The van der Waals surface area contributed by atoms with Gasteiger partial charge in [-0.25, -0.2) is 0 Å². The quantitative estimate of drug-likeness (QED) is 0.550. The van der Waals surface area contributed by atoms with Crippen LogP contribution in [0.2, 0.25) is 10.0 Å². The maximum absolute atomic E-state index is 6.07. The molecule has 4 nitrogen and oxygen atoms in total. The van der Waals surface area contributed by atoms with Crippen molar-refractivity contribution in [3.63, 3.8) is 0 Å². The Morgan fingerprint density at radius 3 is 2.42 bits per heavy atom. The fourth-order valence-corrected chi connectivity index (χ4v) is 3.31. The molecule has 1 heterocycles. The van der Waals surface area contributed by atoms with Gasteiger partial charge in [0.2, 0.25) is 0 Å². The third-order valence-corrected chi connectivity index (χ3v) is 4.60. The molecule has 0 atom stereocenters. The second-order valence-corrected chi connectivity index (χ2v) is 7.20. The average molecular weight is 405 g/mol. The third-order valence-electron chi connectivity index (χ3n) is 3.92. The molecule has 0 aliphatic heterocycles. The minimum Gasteiger partial charge on any atom is -0.332 e. The van der Waals surface area contributed by atoms with Crippen molar-refractivity contribution in [1.82, 2.24) is 9.78 Å². The number of nitrogens with one attached hydrogen (secondary N) is 2. The molecule has 0 aliphatic carbocycles. The number of aromatic nitrogens is 2. The molecular weight excluding hydrogens is 387 g/mol. The van der Waals surface area contributed by atoms with Crippen LogP contribution in [0.25, 0.3) is 0 Å². The molecular formula is C19H18Cl2N4S. The van der Waals surface area contributed by atoms with E-state index in [1.54, 1.807) is 0 Å². The normalized spacial score (nSPS) is 10.6. The number of aryl methyl sites for hydroxylation is 1. The Balaban J connectivity index is 1.74. The molecule has 3 aromatic rings. The Morgan fingerprint density at radius 2 is 1.73 bits per heavy atom. The van der Waals surface area contributed by atoms with Crippen LogP contribution in [0.5, 0.6) is 0 Å². The predicted octanol–water partition coefficient (Wildman–Crippen LogP) is 5.66. The lowest BCUT2D eigenvalue weighted by Gasteiger charge is -2.11. The van der Waals surface area contributed by atoms with E-state index in [0.29, 0.717) is 21.7 Å². The van der Waals surface area contributed by atoms with Crippen molar-refractivity contribution in [2.45, 2.75) is 20.4 Å². The first kappa shape index (κ1) is 18.7. The van der Waals surface area contributed by atoms with Gasteiger partial charge in [-0.15, -0.1) is 0 Å². The van der Waals surface area contributed by atoms with Gasteiger partial charge < -0.3 is 10.6 Å². The van der Waals surface area contributed by atoms with Gasteiger partial charge in [0.05, 0.1) is 23.6 Å². The molecule has 2 N–H and O–H groups in total. The Hall–Kier alpha value is -2.08. The number of benzene rings is 2. The molecule has 0 bridgehead atoms. The van der Waals surface area contributed by atoms with E-state index in [-0.39, 0.29) is 0 Å². The van der Waals surface area contributed by atoms with Crippen LogP contribution in [0.4, 0.5) is 11.4 Å². The van der Waals surface area contributed by atoms with Gasteiger partial charge in [0.1, 0.15) is 0 Å². The van der Waals surface area contributed by atoms with Crippen molar-refractivity contribution in [2.75, 3.05) is 10.6 Å². The summed E-state index contributed by atoms with van der Waals surface area (Å²) in [6.07, 6.45) is 0. The lowest BCUT2D eigenvalue weighted by atomic mass is 10.2. The summed E-state index contributed by atoms with van der Waals surface area (Å²) in [5.41, 5.74) is 4.69. The Morgan fingerprint density at radius 1 is 1.04 bits per heavy atom. The van der Waals surface area contributed by atoms with E-state index >= 15 is 0 Å². The van der Waals surface area contributed by atoms with Crippen molar-refractivity contribution in [2.24, 2.45) is 0 Å². The van der Waals surface area contributed by atoms with Crippen molar-refractivity contribution < 1.29 is 0 Å². The first-order valence-corrected chi connectivity index (χ1v) is 9.21. The SMILES string of the molecule is Cc1nn(Cc2cccc(Cl)c2)c(C)c1NC(=S)Nc1cccc(Cl)c1. The Bertz CT molecular complexity index is 952. The van der Waals surface area contributed by atoms with Crippen LogP contribution in [0.3, 0.4) is 0 Å². The molecule has 0 amide bonds. The minimum atomic E-state index is 0.487. The van der Waals surface area contributed by atoms with Gasteiger partial charge in [0.15, 0.2) is 5.11 Å². The van der Waals surface area contributed by atoms with Crippen LogP contribution in [0.1, 0.15) is 17.0 Å². The molecule has 0 radical (unpaired) electrons. The zero-order valence-electron chi connectivity index (χ0n) is 14.4. The minimum absolute atomic E-state index is 0.487. The summed E-state index contributed by atoms with van der Waals surface area (Å²) >= 11 is 17.5. The van der Waals surface area contributed by atoms with Crippen molar-refractivity contribution in [3.8, 4) is 0 Å². The molecule has 2 aromatic carbocycles. The number of hydrogen-bond acceptors (Lipinski definition) is 2. The fraction of sp³-hybridized carbons (Fsp3) is 0.158. The summed E-state index contributed by atoms with van der Waals surface area (Å²) in [6, 6.07) is 15.2. The Labute approximate surface area is 168 Å². The van der Waals surface area contributed by atoms with E-state index in [0.717, 1.165) is 28.3 Å². The standard InChI is InChI=1S/C19H18Cl2N4S/c1-12-18(23-19(26)22-17-8-4-7-16(21)10-17)13(2)25(24-12)11-14-5-3-6-15(20)9-14/h3-10H,11H2,1-2H3,(H2,22,23,26). The van der Waals surface area contributed by atoms with Gasteiger partial charge in [0.25, 0.3) is 0 Å². The molecule has 1 aromatic heterocycles. The van der Waals surface area contributed by atoms with E-state index in [4.69, 9.17) is 35.4 Å². The second kappa shape index (κ2) is 8.08. The molecule has 0 saturated heterocycles. The van der Waals surface area contributed by atoms with Gasteiger partial charge >= 0.3 is 0 Å².